The van der Waals surface area contributed by atoms with Crippen LogP contribution in [0.2, 0.25) is 0 Å². The quantitative estimate of drug-likeness (QED) is 0.586. The molecule has 0 aliphatic heterocycles. The van der Waals surface area contributed by atoms with Crippen molar-refractivity contribution in [1.82, 2.24) is 0 Å². The summed E-state index contributed by atoms with van der Waals surface area (Å²) in [6, 6.07) is 13.2. The van der Waals surface area contributed by atoms with Crippen LogP contribution in [0.4, 0.5) is 0 Å². The lowest BCUT2D eigenvalue weighted by molar-refractivity contribution is 0.0839. The van der Waals surface area contributed by atoms with Crippen molar-refractivity contribution in [1.29, 1.82) is 0 Å². The number of allylic oxidation sites excluding steroid dienone is 2. The molecule has 0 bridgehead atoms. The highest BCUT2D eigenvalue weighted by atomic mass is 16.5. The molecule has 0 saturated carbocycles. The third kappa shape index (κ3) is 6.68. The van der Waals surface area contributed by atoms with Crippen LogP contribution < -0.4 is 4.74 Å². The average molecular weight is 368 g/mol. The second-order valence-corrected chi connectivity index (χ2v) is 7.18. The van der Waals surface area contributed by atoms with E-state index in [0.717, 1.165) is 28.0 Å². The van der Waals surface area contributed by atoms with E-state index in [-0.39, 0.29) is 13.2 Å². The van der Waals surface area contributed by atoms with Gasteiger partial charge in [0.25, 0.3) is 0 Å². The Morgan fingerprint density at radius 1 is 1.07 bits per heavy atom. The van der Waals surface area contributed by atoms with Gasteiger partial charge in [0.15, 0.2) is 0 Å². The largest absolute Gasteiger partial charge is 0.489 e. The van der Waals surface area contributed by atoms with E-state index < -0.39 is 5.60 Å². The molecular formula is C23H28O4. The second kappa shape index (κ2) is 9.51. The molecule has 4 heteroatoms. The van der Waals surface area contributed by atoms with Crippen LogP contribution >= 0.6 is 0 Å². The molecule has 0 aliphatic carbocycles. The Hall–Kier alpha value is -2.40. The standard InChI is InChI=1S/C23H28O4/c1-17(6-5-11-23(2,3)26)19-7-4-8-22(13-19)27-16-18-9-10-20(14-24)21(12-18)15-25/h4-10,12-13,24-26H,1,11,14-16H2,2-3H3/b6-5+. The Morgan fingerprint density at radius 3 is 2.48 bits per heavy atom. The summed E-state index contributed by atoms with van der Waals surface area (Å²) >= 11 is 0. The molecule has 3 N–H and O–H groups in total. The average Bonchev–Trinajstić information content (AvgIpc) is 2.65. The summed E-state index contributed by atoms with van der Waals surface area (Å²) in [5.74, 6) is 0.723. The van der Waals surface area contributed by atoms with Gasteiger partial charge in [-0.1, -0.05) is 43.0 Å². The summed E-state index contributed by atoms with van der Waals surface area (Å²) in [7, 11) is 0. The molecule has 0 aromatic heterocycles. The highest BCUT2D eigenvalue weighted by Crippen LogP contribution is 2.22. The second-order valence-electron chi connectivity index (χ2n) is 7.18. The third-order valence-electron chi connectivity index (χ3n) is 4.16. The van der Waals surface area contributed by atoms with Crippen molar-refractivity contribution in [3.05, 3.63) is 83.4 Å². The zero-order valence-corrected chi connectivity index (χ0v) is 16.0. The highest BCUT2D eigenvalue weighted by molar-refractivity contribution is 5.72. The first-order valence-electron chi connectivity index (χ1n) is 8.96. The van der Waals surface area contributed by atoms with Crippen LogP contribution in [0.1, 0.15) is 42.5 Å². The minimum Gasteiger partial charge on any atom is -0.489 e. The van der Waals surface area contributed by atoms with E-state index >= 15 is 0 Å². The van der Waals surface area contributed by atoms with E-state index in [1.165, 1.54) is 0 Å². The molecule has 0 unspecified atom stereocenters. The summed E-state index contributed by atoms with van der Waals surface area (Å²) in [5, 5.41) is 28.4. The van der Waals surface area contributed by atoms with Crippen molar-refractivity contribution in [2.45, 2.75) is 45.7 Å². The predicted octanol–water partition coefficient (Wildman–Crippen LogP) is 3.98. The molecule has 0 atom stereocenters. The first kappa shape index (κ1) is 20.9. The molecule has 2 aromatic rings. The van der Waals surface area contributed by atoms with Gasteiger partial charge in [-0.15, -0.1) is 0 Å². The van der Waals surface area contributed by atoms with E-state index in [2.05, 4.69) is 6.58 Å². The first-order valence-corrected chi connectivity index (χ1v) is 8.96. The maximum absolute atomic E-state index is 9.76. The monoisotopic (exact) mass is 368 g/mol. The van der Waals surface area contributed by atoms with Gasteiger partial charge in [-0.3, -0.25) is 0 Å². The molecule has 27 heavy (non-hydrogen) atoms. The molecule has 144 valence electrons. The van der Waals surface area contributed by atoms with Crippen LogP contribution in [0.15, 0.2) is 61.2 Å². The molecule has 0 fully saturated rings. The number of benzene rings is 2. The minimum atomic E-state index is -0.735. The molecule has 0 saturated heterocycles. The van der Waals surface area contributed by atoms with Crippen LogP contribution in [0.25, 0.3) is 5.57 Å². The van der Waals surface area contributed by atoms with Crippen LogP contribution in [0.5, 0.6) is 5.75 Å². The highest BCUT2D eigenvalue weighted by Gasteiger charge is 2.09. The number of aliphatic hydroxyl groups excluding tert-OH is 2. The van der Waals surface area contributed by atoms with Crippen LogP contribution in [0, 0.1) is 0 Å². The van der Waals surface area contributed by atoms with Gasteiger partial charge >= 0.3 is 0 Å². The molecule has 0 heterocycles. The van der Waals surface area contributed by atoms with Crippen LogP contribution in [-0.2, 0) is 19.8 Å². The summed E-state index contributed by atoms with van der Waals surface area (Å²) in [6.07, 6.45) is 4.37. The van der Waals surface area contributed by atoms with Crippen molar-refractivity contribution in [2.24, 2.45) is 0 Å². The minimum absolute atomic E-state index is 0.0951. The normalized spacial score (nSPS) is 11.7. The number of hydrogen-bond acceptors (Lipinski definition) is 4. The van der Waals surface area contributed by atoms with E-state index in [9.17, 15) is 15.3 Å². The topological polar surface area (TPSA) is 69.9 Å². The van der Waals surface area contributed by atoms with Gasteiger partial charge < -0.3 is 20.1 Å². The van der Waals surface area contributed by atoms with Gasteiger partial charge in [0.1, 0.15) is 12.4 Å². The van der Waals surface area contributed by atoms with Crippen molar-refractivity contribution >= 4 is 5.57 Å². The summed E-state index contributed by atoms with van der Waals surface area (Å²) in [4.78, 5) is 0. The number of rotatable bonds is 9. The van der Waals surface area contributed by atoms with Crippen molar-refractivity contribution in [3.8, 4) is 5.75 Å². The number of hydrogen-bond donors (Lipinski definition) is 3. The van der Waals surface area contributed by atoms with Gasteiger partial charge in [0.2, 0.25) is 0 Å². The lowest BCUT2D eigenvalue weighted by Crippen LogP contribution is -2.16. The predicted molar refractivity (Wildman–Crippen MR) is 108 cm³/mol. The summed E-state index contributed by atoms with van der Waals surface area (Å²) in [5.41, 5.74) is 3.41. The molecular weight excluding hydrogens is 340 g/mol. The SMILES string of the molecule is C=C(/C=C/CC(C)(C)O)c1cccc(OCc2ccc(CO)c(CO)c2)c1. The Balaban J connectivity index is 2.02. The fourth-order valence-electron chi connectivity index (χ4n) is 2.61. The Morgan fingerprint density at radius 2 is 1.81 bits per heavy atom. The van der Waals surface area contributed by atoms with Crippen molar-refractivity contribution in [2.75, 3.05) is 0 Å². The van der Waals surface area contributed by atoms with Crippen LogP contribution in [-0.4, -0.2) is 20.9 Å². The number of ether oxygens (including phenoxy) is 1. The van der Waals surface area contributed by atoms with E-state index in [1.54, 1.807) is 19.9 Å². The molecule has 0 amide bonds. The maximum atomic E-state index is 9.76. The zero-order chi connectivity index (χ0) is 19.9. The molecule has 4 nitrogen and oxygen atoms in total. The fraction of sp³-hybridized carbons (Fsp3) is 0.304. The zero-order valence-electron chi connectivity index (χ0n) is 16.0. The molecule has 2 rings (SSSR count). The van der Waals surface area contributed by atoms with Gasteiger partial charge in [-0.2, -0.15) is 0 Å². The van der Waals surface area contributed by atoms with Gasteiger partial charge in [0, 0.05) is 0 Å². The van der Waals surface area contributed by atoms with Gasteiger partial charge in [0.05, 0.1) is 18.8 Å². The maximum Gasteiger partial charge on any atom is 0.120 e. The fourth-order valence-corrected chi connectivity index (χ4v) is 2.61. The van der Waals surface area contributed by atoms with Gasteiger partial charge in [-0.05, 0) is 66.3 Å². The summed E-state index contributed by atoms with van der Waals surface area (Å²) in [6.45, 7) is 7.76. The lowest BCUT2D eigenvalue weighted by Gasteiger charge is -2.13. The van der Waals surface area contributed by atoms with E-state index in [0.29, 0.717) is 18.6 Å². The molecule has 0 radical (unpaired) electrons. The van der Waals surface area contributed by atoms with Crippen molar-refractivity contribution < 1.29 is 20.1 Å². The van der Waals surface area contributed by atoms with Gasteiger partial charge in [-0.25, -0.2) is 0 Å². The van der Waals surface area contributed by atoms with E-state index in [1.807, 2.05) is 48.6 Å². The van der Waals surface area contributed by atoms with Crippen molar-refractivity contribution in [3.63, 3.8) is 0 Å². The first-order chi connectivity index (χ1) is 12.8. The Kier molecular flexibility index (Phi) is 7.36. The van der Waals surface area contributed by atoms with Crippen LogP contribution in [0.3, 0.4) is 0 Å². The third-order valence-corrected chi connectivity index (χ3v) is 4.16. The Labute approximate surface area is 161 Å². The Bertz CT molecular complexity index is 800. The molecule has 2 aromatic carbocycles. The number of aliphatic hydroxyl groups is 3. The lowest BCUT2D eigenvalue weighted by atomic mass is 10.0. The molecule has 0 aliphatic rings. The summed E-state index contributed by atoms with van der Waals surface area (Å²) < 4.78 is 5.87. The van der Waals surface area contributed by atoms with E-state index in [4.69, 9.17) is 4.74 Å². The smallest absolute Gasteiger partial charge is 0.120 e. The molecule has 0 spiro atoms.